The second-order valence-electron chi connectivity index (χ2n) is 7.81. The summed E-state index contributed by atoms with van der Waals surface area (Å²) in [5.41, 5.74) is 2.61. The predicted octanol–water partition coefficient (Wildman–Crippen LogP) is 2.71. The lowest BCUT2D eigenvalue weighted by atomic mass is 10.1. The summed E-state index contributed by atoms with van der Waals surface area (Å²) in [6.45, 7) is 7.63. The van der Waals surface area contributed by atoms with Crippen molar-refractivity contribution in [1.82, 2.24) is 30.3 Å². The highest BCUT2D eigenvalue weighted by molar-refractivity contribution is 7.98. The van der Waals surface area contributed by atoms with Gasteiger partial charge in [-0.25, -0.2) is 4.99 Å². The first-order chi connectivity index (χ1) is 14.7. The minimum Gasteiger partial charge on any atom is -0.356 e. The molecule has 164 valence electrons. The zero-order chi connectivity index (χ0) is 21.2. The number of aromatic nitrogens is 3. The maximum atomic E-state index is 4.80. The van der Waals surface area contributed by atoms with E-state index < -0.39 is 0 Å². The van der Waals surface area contributed by atoms with Crippen LogP contribution in [0.3, 0.4) is 0 Å². The third-order valence-corrected chi connectivity index (χ3v) is 6.16. The molecule has 0 amide bonds. The number of benzene rings is 1. The van der Waals surface area contributed by atoms with Gasteiger partial charge in [-0.1, -0.05) is 24.3 Å². The Morgan fingerprint density at radius 1 is 1.10 bits per heavy atom. The Kier molecular flexibility index (Phi) is 9.01. The number of aryl methyl sites for hydroxylation is 1. The first kappa shape index (κ1) is 22.6. The lowest BCUT2D eigenvalue weighted by molar-refractivity contribution is 0.331. The van der Waals surface area contributed by atoms with Crippen molar-refractivity contribution in [3.8, 4) is 0 Å². The van der Waals surface area contributed by atoms with Crippen LogP contribution < -0.4 is 10.6 Å². The molecule has 0 saturated carbocycles. The number of hydrogen-bond acceptors (Lipinski definition) is 5. The molecule has 2 aromatic rings. The molecule has 2 N–H and O–H groups in total. The van der Waals surface area contributed by atoms with Crippen molar-refractivity contribution in [2.75, 3.05) is 31.6 Å². The van der Waals surface area contributed by atoms with Gasteiger partial charge in [-0.05, 0) is 62.4 Å². The van der Waals surface area contributed by atoms with Crippen LogP contribution in [0.1, 0.15) is 42.0 Å². The third-order valence-electron chi connectivity index (χ3n) is 5.46. The Morgan fingerprint density at radius 3 is 2.50 bits per heavy atom. The van der Waals surface area contributed by atoms with Crippen molar-refractivity contribution in [1.29, 1.82) is 0 Å². The van der Waals surface area contributed by atoms with E-state index in [1.807, 2.05) is 30.3 Å². The summed E-state index contributed by atoms with van der Waals surface area (Å²) in [6.07, 6.45) is 5.91. The van der Waals surface area contributed by atoms with Gasteiger partial charge in [0.05, 0.1) is 13.1 Å². The third kappa shape index (κ3) is 7.02. The Bertz CT molecular complexity index is 794. The van der Waals surface area contributed by atoms with Crippen LogP contribution in [0.25, 0.3) is 0 Å². The molecule has 1 fully saturated rings. The van der Waals surface area contributed by atoms with E-state index in [1.54, 1.807) is 0 Å². The van der Waals surface area contributed by atoms with Crippen LogP contribution in [-0.2, 0) is 26.7 Å². The second kappa shape index (κ2) is 12.0. The van der Waals surface area contributed by atoms with Crippen LogP contribution in [0.2, 0.25) is 0 Å². The molecule has 0 radical (unpaired) electrons. The smallest absolute Gasteiger partial charge is 0.191 e. The summed E-state index contributed by atoms with van der Waals surface area (Å²) in [5.74, 6) is 3.77. The van der Waals surface area contributed by atoms with Crippen molar-refractivity contribution in [2.45, 2.75) is 45.8 Å². The van der Waals surface area contributed by atoms with E-state index in [0.29, 0.717) is 13.1 Å². The van der Waals surface area contributed by atoms with E-state index in [1.165, 1.54) is 37.1 Å². The van der Waals surface area contributed by atoms with Gasteiger partial charge in [0.1, 0.15) is 5.82 Å². The van der Waals surface area contributed by atoms with Gasteiger partial charge in [0.2, 0.25) is 0 Å². The molecule has 30 heavy (non-hydrogen) atoms. The van der Waals surface area contributed by atoms with Crippen molar-refractivity contribution in [3.63, 3.8) is 0 Å². The summed E-state index contributed by atoms with van der Waals surface area (Å²) in [7, 11) is 1.98. The number of rotatable bonds is 10. The zero-order valence-electron chi connectivity index (χ0n) is 18.5. The maximum Gasteiger partial charge on any atom is 0.191 e. The van der Waals surface area contributed by atoms with E-state index in [2.05, 4.69) is 56.3 Å². The summed E-state index contributed by atoms with van der Waals surface area (Å²) >= 11 is 1.87. The number of thioether (sulfide) groups is 1. The Hall–Kier alpha value is -2.06. The molecule has 8 heteroatoms. The average molecular weight is 430 g/mol. The molecule has 3 rings (SSSR count). The van der Waals surface area contributed by atoms with Gasteiger partial charge in [0.25, 0.3) is 0 Å². The van der Waals surface area contributed by atoms with Crippen molar-refractivity contribution < 1.29 is 0 Å². The predicted molar refractivity (Wildman–Crippen MR) is 126 cm³/mol. The van der Waals surface area contributed by atoms with Gasteiger partial charge in [0, 0.05) is 20.1 Å². The number of nitrogens with zero attached hydrogens (tertiary/aromatic N) is 5. The van der Waals surface area contributed by atoms with Crippen LogP contribution >= 0.6 is 11.8 Å². The summed E-state index contributed by atoms with van der Waals surface area (Å²) in [6, 6.07) is 8.88. The summed E-state index contributed by atoms with van der Waals surface area (Å²) < 4.78 is 2.00. The number of likely N-dealkylation sites (tertiary alicyclic amines) is 1. The fourth-order valence-electron chi connectivity index (χ4n) is 3.48. The second-order valence-corrected chi connectivity index (χ2v) is 8.80. The Labute approximate surface area is 184 Å². The van der Waals surface area contributed by atoms with Gasteiger partial charge < -0.3 is 15.2 Å². The monoisotopic (exact) mass is 429 g/mol. The quantitative estimate of drug-likeness (QED) is 0.344. The van der Waals surface area contributed by atoms with Gasteiger partial charge in [0.15, 0.2) is 11.8 Å². The van der Waals surface area contributed by atoms with Crippen LogP contribution in [-0.4, -0.2) is 57.3 Å². The standard InChI is InChI=1S/C22H35N7S/c1-18-26-27-21(28(18)2)16-25-22(23-11-6-14-30-3)24-15-19-7-9-20(10-8-19)17-29-12-4-5-13-29/h7-10H,4-6,11-17H2,1-3H3,(H2,23,24,25). The summed E-state index contributed by atoms with van der Waals surface area (Å²) in [5, 5.41) is 15.2. The van der Waals surface area contributed by atoms with E-state index in [4.69, 9.17) is 4.99 Å². The van der Waals surface area contributed by atoms with E-state index in [-0.39, 0.29) is 0 Å². The molecule has 1 saturated heterocycles. The highest BCUT2D eigenvalue weighted by Gasteiger charge is 2.11. The van der Waals surface area contributed by atoms with Crippen LogP contribution in [0, 0.1) is 6.92 Å². The van der Waals surface area contributed by atoms with E-state index >= 15 is 0 Å². The number of guanidine groups is 1. The molecular formula is C22H35N7S. The van der Waals surface area contributed by atoms with Gasteiger partial charge in [-0.15, -0.1) is 10.2 Å². The molecule has 2 heterocycles. The molecule has 1 aromatic heterocycles. The average Bonchev–Trinajstić information content (AvgIpc) is 3.38. The van der Waals surface area contributed by atoms with Gasteiger partial charge in [-0.2, -0.15) is 11.8 Å². The molecule has 7 nitrogen and oxygen atoms in total. The lowest BCUT2D eigenvalue weighted by Crippen LogP contribution is -2.38. The minimum atomic E-state index is 0.598. The Morgan fingerprint density at radius 2 is 1.83 bits per heavy atom. The molecule has 0 bridgehead atoms. The Balaban J connectivity index is 1.56. The lowest BCUT2D eigenvalue weighted by Gasteiger charge is -2.15. The first-order valence-corrected chi connectivity index (χ1v) is 12.2. The van der Waals surface area contributed by atoms with E-state index in [9.17, 15) is 0 Å². The topological polar surface area (TPSA) is 70.4 Å². The number of nitrogens with one attached hydrogen (secondary N) is 2. The molecule has 1 aliphatic rings. The normalized spacial score (nSPS) is 15.0. The largest absolute Gasteiger partial charge is 0.356 e. The first-order valence-electron chi connectivity index (χ1n) is 10.8. The highest BCUT2D eigenvalue weighted by atomic mass is 32.2. The molecular weight excluding hydrogens is 394 g/mol. The van der Waals surface area contributed by atoms with Crippen LogP contribution in [0.4, 0.5) is 0 Å². The molecule has 1 aliphatic heterocycles. The number of hydrogen-bond donors (Lipinski definition) is 2. The summed E-state index contributed by atoms with van der Waals surface area (Å²) in [4.78, 5) is 7.33. The van der Waals surface area contributed by atoms with Crippen molar-refractivity contribution >= 4 is 17.7 Å². The molecule has 0 unspecified atom stereocenters. The van der Waals surface area contributed by atoms with E-state index in [0.717, 1.165) is 42.9 Å². The fraction of sp³-hybridized carbons (Fsp3) is 0.591. The van der Waals surface area contributed by atoms with Gasteiger partial charge >= 0.3 is 0 Å². The van der Waals surface area contributed by atoms with Crippen LogP contribution in [0.15, 0.2) is 29.3 Å². The fourth-order valence-corrected chi connectivity index (χ4v) is 3.92. The van der Waals surface area contributed by atoms with Crippen molar-refractivity contribution in [3.05, 3.63) is 47.0 Å². The number of aliphatic imine (C=N–C) groups is 1. The molecule has 0 aliphatic carbocycles. The van der Waals surface area contributed by atoms with Crippen LogP contribution in [0.5, 0.6) is 0 Å². The van der Waals surface area contributed by atoms with Crippen molar-refractivity contribution in [2.24, 2.45) is 12.0 Å². The highest BCUT2D eigenvalue weighted by Crippen LogP contribution is 2.13. The SMILES string of the molecule is CSCCCNC(=NCc1ccc(CN2CCCC2)cc1)NCc1nnc(C)n1C. The molecule has 1 aromatic carbocycles. The minimum absolute atomic E-state index is 0.598. The van der Waals surface area contributed by atoms with Gasteiger partial charge in [-0.3, -0.25) is 4.90 Å². The molecule has 0 atom stereocenters. The zero-order valence-corrected chi connectivity index (χ0v) is 19.3. The maximum absolute atomic E-state index is 4.80. The molecule has 0 spiro atoms.